The Kier molecular flexibility index (Phi) is 4.06. The van der Waals surface area contributed by atoms with Crippen LogP contribution in [0, 0.1) is 6.92 Å². The van der Waals surface area contributed by atoms with Gasteiger partial charge in [0.2, 0.25) is 0 Å². The second kappa shape index (κ2) is 6.16. The molecule has 3 rings (SSSR count). The molecular formula is C19H21N3O. The van der Waals surface area contributed by atoms with Gasteiger partial charge in [-0.1, -0.05) is 6.07 Å². The van der Waals surface area contributed by atoms with E-state index in [4.69, 9.17) is 4.74 Å². The van der Waals surface area contributed by atoms with Gasteiger partial charge in [0, 0.05) is 48.3 Å². The number of rotatable bonds is 4. The lowest BCUT2D eigenvalue weighted by Gasteiger charge is -2.16. The number of hydrogen-bond acceptors (Lipinski definition) is 4. The maximum absolute atomic E-state index is 5.30. The monoisotopic (exact) mass is 307 g/mol. The van der Waals surface area contributed by atoms with E-state index in [2.05, 4.69) is 45.5 Å². The first kappa shape index (κ1) is 15.2. The zero-order valence-corrected chi connectivity index (χ0v) is 13.9. The normalized spacial score (nSPS) is 10.6. The molecule has 0 fully saturated rings. The van der Waals surface area contributed by atoms with E-state index in [1.807, 2.05) is 39.2 Å². The van der Waals surface area contributed by atoms with E-state index in [9.17, 15) is 0 Å². The molecule has 4 heteroatoms. The number of hydrogen-bond donors (Lipinski definition) is 1. The molecule has 3 aromatic rings. The lowest BCUT2D eigenvalue weighted by atomic mass is 10.1. The van der Waals surface area contributed by atoms with Gasteiger partial charge in [-0.2, -0.15) is 0 Å². The van der Waals surface area contributed by atoms with Gasteiger partial charge in [-0.15, -0.1) is 0 Å². The fraction of sp³-hybridized carbons (Fsp3) is 0.211. The molecule has 0 aliphatic rings. The summed E-state index contributed by atoms with van der Waals surface area (Å²) in [6.45, 7) is 2.00. The van der Waals surface area contributed by atoms with Crippen molar-refractivity contribution in [2.75, 3.05) is 31.4 Å². The number of methoxy groups -OCH3 is 1. The third kappa shape index (κ3) is 3.21. The molecule has 1 N–H and O–H groups in total. The Balaban J connectivity index is 2.04. The largest absolute Gasteiger partial charge is 0.497 e. The van der Waals surface area contributed by atoms with E-state index in [1.54, 1.807) is 7.11 Å². The smallest absolute Gasteiger partial charge is 0.121 e. The number of nitrogens with one attached hydrogen (secondary N) is 1. The quantitative estimate of drug-likeness (QED) is 0.777. The number of ether oxygens (including phenoxy) is 1. The van der Waals surface area contributed by atoms with Crippen molar-refractivity contribution in [1.29, 1.82) is 0 Å². The van der Waals surface area contributed by atoms with Crippen molar-refractivity contribution in [1.82, 2.24) is 4.98 Å². The first-order chi connectivity index (χ1) is 11.1. The minimum atomic E-state index is 0.816. The van der Waals surface area contributed by atoms with E-state index in [-0.39, 0.29) is 0 Å². The molecule has 0 aliphatic heterocycles. The van der Waals surface area contributed by atoms with Crippen molar-refractivity contribution < 1.29 is 4.74 Å². The molecule has 0 saturated heterocycles. The molecule has 0 unspecified atom stereocenters. The number of benzene rings is 2. The highest BCUT2D eigenvalue weighted by molar-refractivity contribution is 5.94. The molecule has 0 spiro atoms. The Morgan fingerprint density at radius 3 is 2.61 bits per heavy atom. The average Bonchev–Trinajstić information content (AvgIpc) is 2.54. The molecule has 0 atom stereocenters. The van der Waals surface area contributed by atoms with Crippen LogP contribution in [-0.4, -0.2) is 26.2 Å². The summed E-state index contributed by atoms with van der Waals surface area (Å²) < 4.78 is 5.30. The van der Waals surface area contributed by atoms with Crippen LogP contribution in [-0.2, 0) is 0 Å². The van der Waals surface area contributed by atoms with Gasteiger partial charge < -0.3 is 15.0 Å². The molecule has 0 saturated carbocycles. The molecular weight excluding hydrogens is 286 g/mol. The number of nitrogens with zero attached hydrogens (tertiary/aromatic N) is 2. The molecule has 1 heterocycles. The van der Waals surface area contributed by atoms with Crippen LogP contribution in [0.4, 0.5) is 17.1 Å². The Labute approximate surface area is 136 Å². The van der Waals surface area contributed by atoms with Crippen LogP contribution in [0.3, 0.4) is 0 Å². The third-order valence-corrected chi connectivity index (χ3v) is 3.79. The second-order valence-corrected chi connectivity index (χ2v) is 5.76. The summed E-state index contributed by atoms with van der Waals surface area (Å²) in [4.78, 5) is 6.69. The van der Waals surface area contributed by atoms with Crippen molar-refractivity contribution >= 4 is 28.0 Å². The minimum absolute atomic E-state index is 0.816. The highest BCUT2D eigenvalue weighted by atomic mass is 16.5. The summed E-state index contributed by atoms with van der Waals surface area (Å²) in [6, 6.07) is 16.4. The van der Waals surface area contributed by atoms with E-state index in [1.165, 1.54) is 0 Å². The third-order valence-electron chi connectivity index (χ3n) is 3.79. The highest BCUT2D eigenvalue weighted by Crippen LogP contribution is 2.30. The lowest BCUT2D eigenvalue weighted by molar-refractivity contribution is 0.415. The Hall–Kier alpha value is -2.75. The van der Waals surface area contributed by atoms with Gasteiger partial charge >= 0.3 is 0 Å². The SMILES string of the molecule is COc1ccc2c(Nc3cccc(N(C)C)c3)cc(C)nc2c1. The Morgan fingerprint density at radius 2 is 1.87 bits per heavy atom. The number of anilines is 3. The van der Waals surface area contributed by atoms with Gasteiger partial charge in [-0.05, 0) is 43.3 Å². The number of fused-ring (bicyclic) bond motifs is 1. The van der Waals surface area contributed by atoms with Gasteiger partial charge in [0.05, 0.1) is 12.6 Å². The minimum Gasteiger partial charge on any atom is -0.497 e. The molecule has 4 nitrogen and oxygen atoms in total. The van der Waals surface area contributed by atoms with Gasteiger partial charge in [-0.3, -0.25) is 4.98 Å². The summed E-state index contributed by atoms with van der Waals surface area (Å²) in [7, 11) is 5.75. The van der Waals surface area contributed by atoms with E-state index >= 15 is 0 Å². The number of pyridine rings is 1. The predicted octanol–water partition coefficient (Wildman–Crippen LogP) is 4.36. The van der Waals surface area contributed by atoms with Crippen LogP contribution in [0.5, 0.6) is 5.75 Å². The molecule has 23 heavy (non-hydrogen) atoms. The molecule has 0 aliphatic carbocycles. The van der Waals surface area contributed by atoms with Crippen LogP contribution < -0.4 is 15.0 Å². The molecule has 2 aromatic carbocycles. The van der Waals surface area contributed by atoms with Crippen molar-refractivity contribution in [2.45, 2.75) is 6.92 Å². The van der Waals surface area contributed by atoms with Crippen LogP contribution in [0.25, 0.3) is 10.9 Å². The molecule has 0 radical (unpaired) electrons. The predicted molar refractivity (Wildman–Crippen MR) is 97.1 cm³/mol. The maximum atomic E-state index is 5.30. The van der Waals surface area contributed by atoms with E-state index < -0.39 is 0 Å². The Morgan fingerprint density at radius 1 is 1.04 bits per heavy atom. The van der Waals surface area contributed by atoms with Crippen LogP contribution >= 0.6 is 0 Å². The molecule has 0 amide bonds. The average molecular weight is 307 g/mol. The highest BCUT2D eigenvalue weighted by Gasteiger charge is 2.07. The zero-order valence-electron chi connectivity index (χ0n) is 13.9. The first-order valence-corrected chi connectivity index (χ1v) is 7.56. The van der Waals surface area contributed by atoms with Gasteiger partial charge in [0.1, 0.15) is 5.75 Å². The Bertz CT molecular complexity index is 843. The summed E-state index contributed by atoms with van der Waals surface area (Å²) in [5, 5.41) is 4.59. The standard InChI is InChI=1S/C19H21N3O/c1-13-10-18(17-9-8-16(23-4)12-19(17)20-13)21-14-6-5-7-15(11-14)22(2)3/h5-12H,1-4H3,(H,20,21). The molecule has 118 valence electrons. The van der Waals surface area contributed by atoms with Crippen molar-refractivity contribution in [3.63, 3.8) is 0 Å². The zero-order chi connectivity index (χ0) is 16.4. The fourth-order valence-electron chi connectivity index (χ4n) is 2.59. The summed E-state index contributed by atoms with van der Waals surface area (Å²) in [6.07, 6.45) is 0. The lowest BCUT2D eigenvalue weighted by Crippen LogP contribution is -2.08. The van der Waals surface area contributed by atoms with E-state index in [0.29, 0.717) is 0 Å². The summed E-state index contributed by atoms with van der Waals surface area (Å²) >= 11 is 0. The summed E-state index contributed by atoms with van der Waals surface area (Å²) in [5.41, 5.74) is 5.16. The van der Waals surface area contributed by atoms with Crippen LogP contribution in [0.1, 0.15) is 5.69 Å². The summed E-state index contributed by atoms with van der Waals surface area (Å²) in [5.74, 6) is 0.816. The van der Waals surface area contributed by atoms with Gasteiger partial charge in [0.25, 0.3) is 0 Å². The van der Waals surface area contributed by atoms with Gasteiger partial charge in [0.15, 0.2) is 0 Å². The van der Waals surface area contributed by atoms with Crippen molar-refractivity contribution in [3.8, 4) is 5.75 Å². The van der Waals surface area contributed by atoms with Crippen molar-refractivity contribution in [3.05, 3.63) is 54.2 Å². The van der Waals surface area contributed by atoms with Crippen LogP contribution in [0.15, 0.2) is 48.5 Å². The van der Waals surface area contributed by atoms with E-state index in [0.717, 1.165) is 39.4 Å². The maximum Gasteiger partial charge on any atom is 0.121 e. The fourth-order valence-corrected chi connectivity index (χ4v) is 2.59. The molecule has 0 bridgehead atoms. The van der Waals surface area contributed by atoms with Crippen molar-refractivity contribution in [2.24, 2.45) is 0 Å². The van der Waals surface area contributed by atoms with Gasteiger partial charge in [-0.25, -0.2) is 0 Å². The van der Waals surface area contributed by atoms with Crippen LogP contribution in [0.2, 0.25) is 0 Å². The number of aryl methyl sites for hydroxylation is 1. The topological polar surface area (TPSA) is 37.4 Å². The second-order valence-electron chi connectivity index (χ2n) is 5.76. The molecule has 1 aromatic heterocycles. The first-order valence-electron chi connectivity index (χ1n) is 7.56. The number of aromatic nitrogens is 1.